The third-order valence-corrected chi connectivity index (χ3v) is 5.18. The summed E-state index contributed by atoms with van der Waals surface area (Å²) in [5, 5.41) is 6.18. The Morgan fingerprint density at radius 1 is 1.07 bits per heavy atom. The lowest BCUT2D eigenvalue weighted by molar-refractivity contribution is -0.119. The lowest BCUT2D eigenvalue weighted by Gasteiger charge is -2.11. The van der Waals surface area contributed by atoms with Crippen molar-refractivity contribution in [3.05, 3.63) is 59.7 Å². The molecule has 3 rings (SSSR count). The molecular formula is C23H30N4O. The van der Waals surface area contributed by atoms with E-state index in [1.54, 1.807) is 0 Å². The van der Waals surface area contributed by atoms with Crippen molar-refractivity contribution < 1.29 is 4.79 Å². The molecule has 0 bridgehead atoms. The van der Waals surface area contributed by atoms with E-state index in [0.29, 0.717) is 18.4 Å². The molecule has 1 aliphatic rings. The number of nitrogens with one attached hydrogen (secondary N) is 2. The van der Waals surface area contributed by atoms with E-state index in [1.807, 2.05) is 36.4 Å². The van der Waals surface area contributed by atoms with E-state index in [-0.39, 0.29) is 11.8 Å². The van der Waals surface area contributed by atoms with Crippen molar-refractivity contribution in [1.82, 2.24) is 0 Å². The van der Waals surface area contributed by atoms with Gasteiger partial charge in [-0.15, -0.1) is 0 Å². The number of nitrogens with two attached hydrogens (primary N) is 1. The number of benzene rings is 2. The zero-order valence-electron chi connectivity index (χ0n) is 16.7. The van der Waals surface area contributed by atoms with Gasteiger partial charge in [0.15, 0.2) is 5.96 Å². The number of amides is 1. The lowest BCUT2D eigenvalue weighted by Crippen LogP contribution is -2.22. The van der Waals surface area contributed by atoms with Crippen LogP contribution in [-0.4, -0.2) is 11.9 Å². The number of nitrogens with zero attached hydrogens (tertiary/aromatic N) is 1. The molecule has 1 aliphatic carbocycles. The summed E-state index contributed by atoms with van der Waals surface area (Å²) in [6.45, 7) is 4.78. The molecule has 1 saturated carbocycles. The van der Waals surface area contributed by atoms with Crippen molar-refractivity contribution in [2.75, 3.05) is 10.6 Å². The summed E-state index contributed by atoms with van der Waals surface area (Å²) in [4.78, 5) is 16.7. The minimum atomic E-state index is 0.129. The van der Waals surface area contributed by atoms with Crippen molar-refractivity contribution in [1.29, 1.82) is 0 Å². The predicted molar refractivity (Wildman–Crippen MR) is 117 cm³/mol. The quantitative estimate of drug-likeness (QED) is 0.496. The number of carbonyl (C=O) groups is 1. The fraction of sp³-hybridized carbons (Fsp3) is 0.391. The summed E-state index contributed by atoms with van der Waals surface area (Å²) in [6, 6.07) is 16.0. The van der Waals surface area contributed by atoms with Crippen molar-refractivity contribution in [3.8, 4) is 0 Å². The van der Waals surface area contributed by atoms with Gasteiger partial charge in [0, 0.05) is 17.3 Å². The van der Waals surface area contributed by atoms with Gasteiger partial charge in [-0.3, -0.25) is 4.79 Å². The minimum absolute atomic E-state index is 0.129. The molecular weight excluding hydrogens is 348 g/mol. The van der Waals surface area contributed by atoms with E-state index in [0.717, 1.165) is 42.6 Å². The lowest BCUT2D eigenvalue weighted by atomic mass is 10.0. The second kappa shape index (κ2) is 9.40. The largest absolute Gasteiger partial charge is 0.370 e. The standard InChI is InChI=1S/C23H30N4O/c1-16(2)19-10-6-12-21(14-19)27-23(24)25-15-17-7-5-11-20(13-17)26-22(28)18-8-3-4-9-18/h5-7,10-14,16,18H,3-4,8-9,15H2,1-2H3,(H,26,28)(H3,24,25,27). The van der Waals surface area contributed by atoms with Gasteiger partial charge in [-0.2, -0.15) is 0 Å². The molecule has 0 aromatic heterocycles. The molecule has 0 spiro atoms. The smallest absolute Gasteiger partial charge is 0.227 e. The molecule has 0 radical (unpaired) electrons. The highest BCUT2D eigenvalue weighted by atomic mass is 16.1. The average molecular weight is 379 g/mol. The zero-order chi connectivity index (χ0) is 19.9. The van der Waals surface area contributed by atoms with E-state index in [4.69, 9.17) is 5.73 Å². The second-order valence-corrected chi connectivity index (χ2v) is 7.78. The summed E-state index contributed by atoms with van der Waals surface area (Å²) in [5.41, 5.74) is 10.1. The first-order valence-electron chi connectivity index (χ1n) is 10.1. The van der Waals surface area contributed by atoms with Gasteiger partial charge in [-0.05, 0) is 54.2 Å². The fourth-order valence-electron chi connectivity index (χ4n) is 3.52. The number of rotatable bonds is 6. The number of guanidine groups is 1. The first kappa shape index (κ1) is 19.9. The molecule has 1 fully saturated rings. The summed E-state index contributed by atoms with van der Waals surface area (Å²) in [7, 11) is 0. The minimum Gasteiger partial charge on any atom is -0.370 e. The average Bonchev–Trinajstić information content (AvgIpc) is 3.22. The zero-order valence-corrected chi connectivity index (χ0v) is 16.7. The highest BCUT2D eigenvalue weighted by molar-refractivity contribution is 5.93. The van der Waals surface area contributed by atoms with E-state index < -0.39 is 0 Å². The van der Waals surface area contributed by atoms with Crippen LogP contribution < -0.4 is 16.4 Å². The Morgan fingerprint density at radius 3 is 2.46 bits per heavy atom. The van der Waals surface area contributed by atoms with Gasteiger partial charge >= 0.3 is 0 Å². The number of hydrogen-bond acceptors (Lipinski definition) is 2. The third kappa shape index (κ3) is 5.59. The molecule has 148 valence electrons. The molecule has 0 heterocycles. The molecule has 4 N–H and O–H groups in total. The molecule has 5 heteroatoms. The highest BCUT2D eigenvalue weighted by Crippen LogP contribution is 2.26. The number of anilines is 2. The molecule has 0 saturated heterocycles. The van der Waals surface area contributed by atoms with Crippen molar-refractivity contribution in [2.45, 2.75) is 52.0 Å². The molecule has 1 amide bonds. The van der Waals surface area contributed by atoms with E-state index in [9.17, 15) is 4.79 Å². The van der Waals surface area contributed by atoms with Crippen molar-refractivity contribution in [2.24, 2.45) is 16.6 Å². The summed E-state index contributed by atoms with van der Waals surface area (Å²) < 4.78 is 0. The Bertz CT molecular complexity index is 838. The van der Waals surface area contributed by atoms with Crippen molar-refractivity contribution >= 4 is 23.2 Å². The van der Waals surface area contributed by atoms with Crippen LogP contribution in [0.1, 0.15) is 56.6 Å². The fourth-order valence-corrected chi connectivity index (χ4v) is 3.52. The third-order valence-electron chi connectivity index (χ3n) is 5.18. The Labute approximate surface area is 167 Å². The van der Waals surface area contributed by atoms with Gasteiger partial charge in [0.1, 0.15) is 0 Å². The number of hydrogen-bond donors (Lipinski definition) is 3. The maximum atomic E-state index is 12.3. The molecule has 0 atom stereocenters. The Morgan fingerprint density at radius 2 is 1.75 bits per heavy atom. The van der Waals surface area contributed by atoms with Gasteiger partial charge in [0.05, 0.1) is 6.54 Å². The molecule has 0 aliphatic heterocycles. The normalized spacial score (nSPS) is 15.0. The van der Waals surface area contributed by atoms with Gasteiger partial charge in [0.25, 0.3) is 0 Å². The Hall–Kier alpha value is -2.82. The van der Waals surface area contributed by atoms with Crippen LogP contribution in [0, 0.1) is 5.92 Å². The summed E-state index contributed by atoms with van der Waals surface area (Å²) in [5.74, 6) is 1.12. The van der Waals surface area contributed by atoms with Crippen LogP contribution in [0.15, 0.2) is 53.5 Å². The van der Waals surface area contributed by atoms with Crippen LogP contribution >= 0.6 is 0 Å². The van der Waals surface area contributed by atoms with Gasteiger partial charge in [-0.25, -0.2) is 4.99 Å². The molecule has 2 aromatic carbocycles. The molecule has 28 heavy (non-hydrogen) atoms. The second-order valence-electron chi connectivity index (χ2n) is 7.78. The van der Waals surface area contributed by atoms with Crippen LogP contribution in [0.3, 0.4) is 0 Å². The van der Waals surface area contributed by atoms with Crippen LogP contribution in [0.4, 0.5) is 11.4 Å². The summed E-state index contributed by atoms with van der Waals surface area (Å²) in [6.07, 6.45) is 4.30. The van der Waals surface area contributed by atoms with Gasteiger partial charge in [0.2, 0.25) is 5.91 Å². The number of carbonyl (C=O) groups excluding carboxylic acids is 1. The predicted octanol–water partition coefficient (Wildman–Crippen LogP) is 4.87. The maximum absolute atomic E-state index is 12.3. The first-order valence-corrected chi connectivity index (χ1v) is 10.1. The monoisotopic (exact) mass is 378 g/mol. The SMILES string of the molecule is CC(C)c1cccc(NC(N)=NCc2cccc(NC(=O)C3CCCC3)c2)c1. The maximum Gasteiger partial charge on any atom is 0.227 e. The van der Waals surface area contributed by atoms with Crippen LogP contribution in [0.25, 0.3) is 0 Å². The van der Waals surface area contributed by atoms with Gasteiger partial charge in [-0.1, -0.05) is 51.0 Å². The van der Waals surface area contributed by atoms with Crippen molar-refractivity contribution in [3.63, 3.8) is 0 Å². The van der Waals surface area contributed by atoms with Crippen LogP contribution in [0.5, 0.6) is 0 Å². The molecule has 2 aromatic rings. The van der Waals surface area contributed by atoms with E-state index in [1.165, 1.54) is 5.56 Å². The van der Waals surface area contributed by atoms with Gasteiger partial charge < -0.3 is 16.4 Å². The van der Waals surface area contributed by atoms with Crippen LogP contribution in [-0.2, 0) is 11.3 Å². The topological polar surface area (TPSA) is 79.5 Å². The Kier molecular flexibility index (Phi) is 6.69. The Balaban J connectivity index is 1.58. The molecule has 0 unspecified atom stereocenters. The van der Waals surface area contributed by atoms with E-state index >= 15 is 0 Å². The number of aliphatic imine (C=N–C) groups is 1. The van der Waals surface area contributed by atoms with E-state index in [2.05, 4.69) is 41.6 Å². The first-order chi connectivity index (χ1) is 13.5. The molecule has 5 nitrogen and oxygen atoms in total. The highest BCUT2D eigenvalue weighted by Gasteiger charge is 2.22. The summed E-state index contributed by atoms with van der Waals surface area (Å²) >= 11 is 0. The van der Waals surface area contributed by atoms with Crippen LogP contribution in [0.2, 0.25) is 0 Å².